The lowest BCUT2D eigenvalue weighted by Crippen LogP contribution is -2.41. The van der Waals surface area contributed by atoms with Crippen molar-refractivity contribution in [3.63, 3.8) is 0 Å². The van der Waals surface area contributed by atoms with Crippen molar-refractivity contribution in [1.82, 2.24) is 4.90 Å². The summed E-state index contributed by atoms with van der Waals surface area (Å²) in [7, 11) is 0. The summed E-state index contributed by atoms with van der Waals surface area (Å²) in [5.74, 6) is -0.0219. The minimum absolute atomic E-state index is 0.0244. The number of rotatable bonds is 11. The number of carbonyl (C=O) groups is 2. The van der Waals surface area contributed by atoms with Crippen molar-refractivity contribution in [3.05, 3.63) is 57.6 Å². The van der Waals surface area contributed by atoms with Gasteiger partial charge >= 0.3 is 0 Å². The first-order chi connectivity index (χ1) is 16.4. The van der Waals surface area contributed by atoms with Gasteiger partial charge in [-0.25, -0.2) is 0 Å². The van der Waals surface area contributed by atoms with E-state index >= 15 is 0 Å². The highest BCUT2D eigenvalue weighted by Gasteiger charge is 2.26. The van der Waals surface area contributed by atoms with Gasteiger partial charge in [-0.2, -0.15) is 0 Å². The first-order valence-electron chi connectivity index (χ1n) is 10.9. The number of amides is 2. The second kappa shape index (κ2) is 12.8. The molecule has 7 nitrogen and oxygen atoms in total. The lowest BCUT2D eigenvalue weighted by molar-refractivity contribution is -0.144. The predicted octanol–water partition coefficient (Wildman–Crippen LogP) is 4.43. The van der Waals surface area contributed by atoms with E-state index in [4.69, 9.17) is 44.3 Å². The van der Waals surface area contributed by atoms with Crippen LogP contribution in [0.3, 0.4) is 0 Å². The molecule has 2 rings (SSSR count). The Hall–Kier alpha value is -2.03. The SMILES string of the molecule is CC(=O)N(C[C@@H](O)COc1ccc(C(C)(C)c2cc(Cl)c(OC[C@H](O)CCl)c(Cl)c2)cc1)C(C)=O. The van der Waals surface area contributed by atoms with Gasteiger partial charge in [0.1, 0.15) is 31.2 Å². The van der Waals surface area contributed by atoms with Crippen molar-refractivity contribution in [2.75, 3.05) is 25.6 Å². The fourth-order valence-corrected chi connectivity index (χ4v) is 4.04. The summed E-state index contributed by atoms with van der Waals surface area (Å²) in [6, 6.07) is 10.9. The van der Waals surface area contributed by atoms with Crippen LogP contribution in [0.4, 0.5) is 0 Å². The van der Waals surface area contributed by atoms with Gasteiger partial charge in [0.15, 0.2) is 5.75 Å². The minimum atomic E-state index is -1.02. The molecule has 2 amide bonds. The number of hydrogen-bond donors (Lipinski definition) is 2. The number of alkyl halides is 1. The molecule has 0 saturated carbocycles. The highest BCUT2D eigenvalue weighted by molar-refractivity contribution is 6.37. The average molecular weight is 547 g/mol. The highest BCUT2D eigenvalue weighted by Crippen LogP contribution is 2.40. The molecule has 0 unspecified atom stereocenters. The van der Waals surface area contributed by atoms with Crippen molar-refractivity contribution in [1.29, 1.82) is 0 Å². The first-order valence-corrected chi connectivity index (χ1v) is 12.2. The number of nitrogens with zero attached hydrogens (tertiary/aromatic N) is 1. The number of imide groups is 1. The Morgan fingerprint density at radius 3 is 1.91 bits per heavy atom. The number of halogens is 3. The molecule has 2 aromatic rings. The van der Waals surface area contributed by atoms with Gasteiger partial charge in [-0.15, -0.1) is 11.6 Å². The van der Waals surface area contributed by atoms with Crippen LogP contribution in [-0.2, 0) is 15.0 Å². The van der Waals surface area contributed by atoms with E-state index in [1.54, 1.807) is 24.3 Å². The summed E-state index contributed by atoms with van der Waals surface area (Å²) in [6.45, 7) is 6.33. The molecule has 0 bridgehead atoms. The van der Waals surface area contributed by atoms with Crippen LogP contribution in [0.5, 0.6) is 11.5 Å². The third-order valence-corrected chi connectivity index (χ3v) is 6.41. The van der Waals surface area contributed by atoms with E-state index in [1.165, 1.54) is 13.8 Å². The molecule has 35 heavy (non-hydrogen) atoms. The normalized spacial score (nSPS) is 13.2. The number of aliphatic hydroxyl groups is 2. The summed E-state index contributed by atoms with van der Waals surface area (Å²) >= 11 is 18.4. The molecule has 10 heteroatoms. The summed E-state index contributed by atoms with van der Waals surface area (Å²) in [5.41, 5.74) is 1.35. The largest absolute Gasteiger partial charge is 0.491 e. The van der Waals surface area contributed by atoms with Gasteiger partial charge in [-0.05, 0) is 35.4 Å². The van der Waals surface area contributed by atoms with E-state index in [0.29, 0.717) is 15.8 Å². The zero-order valence-electron chi connectivity index (χ0n) is 20.1. The Kier molecular flexibility index (Phi) is 10.7. The third-order valence-electron chi connectivity index (χ3n) is 5.49. The lowest BCUT2D eigenvalue weighted by Gasteiger charge is -2.27. The molecule has 192 valence electrons. The first kappa shape index (κ1) is 29.2. The van der Waals surface area contributed by atoms with Crippen LogP contribution in [-0.4, -0.2) is 64.8 Å². The second-order valence-electron chi connectivity index (χ2n) is 8.65. The maximum atomic E-state index is 11.5. The van der Waals surface area contributed by atoms with Crippen LogP contribution >= 0.6 is 34.8 Å². The topological polar surface area (TPSA) is 96.3 Å². The second-order valence-corrected chi connectivity index (χ2v) is 9.77. The fraction of sp³-hybridized carbons (Fsp3) is 0.440. The van der Waals surface area contributed by atoms with Gasteiger partial charge in [-0.3, -0.25) is 14.5 Å². The molecule has 0 fully saturated rings. The van der Waals surface area contributed by atoms with Crippen LogP contribution in [0.1, 0.15) is 38.8 Å². The number of carbonyl (C=O) groups excluding carboxylic acids is 2. The molecule has 2 aromatic carbocycles. The summed E-state index contributed by atoms with van der Waals surface area (Å²) < 4.78 is 11.2. The molecular weight excluding hydrogens is 517 g/mol. The van der Waals surface area contributed by atoms with Crippen LogP contribution in [0, 0.1) is 0 Å². The van der Waals surface area contributed by atoms with Crippen LogP contribution in [0.2, 0.25) is 10.0 Å². The molecule has 0 aliphatic carbocycles. The van der Waals surface area contributed by atoms with Gasteiger partial charge in [0.2, 0.25) is 11.8 Å². The van der Waals surface area contributed by atoms with E-state index < -0.39 is 29.4 Å². The van der Waals surface area contributed by atoms with Crippen LogP contribution in [0.25, 0.3) is 0 Å². The summed E-state index contributed by atoms with van der Waals surface area (Å²) in [5, 5.41) is 20.4. The molecule has 2 atom stereocenters. The van der Waals surface area contributed by atoms with E-state index in [0.717, 1.165) is 16.0 Å². The van der Waals surface area contributed by atoms with Crippen molar-refractivity contribution in [3.8, 4) is 11.5 Å². The van der Waals surface area contributed by atoms with Crippen molar-refractivity contribution >= 4 is 46.6 Å². The zero-order valence-corrected chi connectivity index (χ0v) is 22.3. The molecule has 2 N–H and O–H groups in total. The summed E-state index contributed by atoms with van der Waals surface area (Å²) in [4.78, 5) is 23.9. The molecule has 0 saturated heterocycles. The smallest absolute Gasteiger partial charge is 0.226 e. The average Bonchev–Trinajstić information content (AvgIpc) is 2.80. The number of hydrogen-bond acceptors (Lipinski definition) is 6. The zero-order chi connectivity index (χ0) is 26.3. The van der Waals surface area contributed by atoms with Gasteiger partial charge in [0, 0.05) is 19.3 Å². The van der Waals surface area contributed by atoms with Gasteiger partial charge in [-0.1, -0.05) is 49.2 Å². The number of aliphatic hydroxyl groups excluding tert-OH is 2. The maximum absolute atomic E-state index is 11.5. The Morgan fingerprint density at radius 1 is 0.914 bits per heavy atom. The van der Waals surface area contributed by atoms with Crippen molar-refractivity contribution in [2.45, 2.75) is 45.3 Å². The van der Waals surface area contributed by atoms with E-state index in [1.807, 2.05) is 26.0 Å². The van der Waals surface area contributed by atoms with E-state index in [-0.39, 0.29) is 31.4 Å². The third kappa shape index (κ3) is 7.98. The van der Waals surface area contributed by atoms with Gasteiger partial charge in [0.05, 0.1) is 22.5 Å². The Bertz CT molecular complexity index is 991. The van der Waals surface area contributed by atoms with Crippen LogP contribution in [0.15, 0.2) is 36.4 Å². The van der Waals surface area contributed by atoms with E-state index in [2.05, 4.69) is 0 Å². The minimum Gasteiger partial charge on any atom is -0.491 e. The Labute approximate surface area is 220 Å². The van der Waals surface area contributed by atoms with E-state index in [9.17, 15) is 19.8 Å². The lowest BCUT2D eigenvalue weighted by atomic mass is 9.78. The molecule has 0 aromatic heterocycles. The molecule has 0 aliphatic heterocycles. The monoisotopic (exact) mass is 545 g/mol. The van der Waals surface area contributed by atoms with Crippen molar-refractivity contribution in [2.24, 2.45) is 0 Å². The van der Waals surface area contributed by atoms with Crippen molar-refractivity contribution < 1.29 is 29.3 Å². The Morgan fingerprint density at radius 2 is 1.43 bits per heavy atom. The maximum Gasteiger partial charge on any atom is 0.226 e. The number of benzene rings is 2. The summed E-state index contributed by atoms with van der Waals surface area (Å²) in [6.07, 6.45) is -1.85. The molecule has 0 spiro atoms. The molecule has 0 aliphatic rings. The molecule has 0 radical (unpaired) electrons. The van der Waals surface area contributed by atoms with Gasteiger partial charge in [0.25, 0.3) is 0 Å². The molecular formula is C25H30Cl3NO6. The van der Waals surface area contributed by atoms with Gasteiger partial charge < -0.3 is 19.7 Å². The fourth-order valence-electron chi connectivity index (χ4n) is 3.35. The predicted molar refractivity (Wildman–Crippen MR) is 137 cm³/mol. The number of ether oxygens (including phenoxy) is 2. The Balaban J connectivity index is 2.09. The van der Waals surface area contributed by atoms with Crippen LogP contribution < -0.4 is 9.47 Å². The quantitative estimate of drug-likeness (QED) is 0.405. The highest BCUT2D eigenvalue weighted by atomic mass is 35.5. The standard InChI is InChI=1S/C25H30Cl3NO6/c1-15(30)29(16(2)31)12-20(33)14-34-21-7-5-17(6-8-21)25(3,4)18-9-22(27)24(23(28)10-18)35-13-19(32)11-26/h5-10,19-20,32-33H,11-14H2,1-4H3/t19-,20-/m1/s1. The molecule has 0 heterocycles.